The summed E-state index contributed by atoms with van der Waals surface area (Å²) in [6.45, 7) is 3.73. The lowest BCUT2D eigenvalue weighted by Gasteiger charge is -2.15. The van der Waals surface area contributed by atoms with Crippen LogP contribution >= 0.6 is 0 Å². The first kappa shape index (κ1) is 14.0. The third-order valence-electron chi connectivity index (χ3n) is 2.63. The number of carbonyl (C=O) groups excluding carboxylic acids is 1. The van der Waals surface area contributed by atoms with Gasteiger partial charge in [-0.3, -0.25) is 9.78 Å². The maximum Gasteiger partial charge on any atom is 0.235 e. The van der Waals surface area contributed by atoms with Gasteiger partial charge in [0.1, 0.15) is 0 Å². The van der Waals surface area contributed by atoms with Crippen LogP contribution in [-0.4, -0.2) is 21.9 Å². The molecule has 1 rings (SSSR count). The topological polar surface area (TPSA) is 101 Å². The zero-order valence-corrected chi connectivity index (χ0v) is 10.6. The highest BCUT2D eigenvalue weighted by Gasteiger charge is 2.22. The van der Waals surface area contributed by atoms with E-state index in [1.54, 1.807) is 25.3 Å². The number of nitrogens with two attached hydrogens (primary N) is 1. The molecule has 18 heavy (non-hydrogen) atoms. The lowest BCUT2D eigenvalue weighted by atomic mass is 10.0. The van der Waals surface area contributed by atoms with Crippen LogP contribution in [0.25, 0.3) is 0 Å². The van der Waals surface area contributed by atoms with E-state index >= 15 is 0 Å². The standard InChI is InChI=1S/C12H18N4O2/c1-3-5-9(11(13)16-18)12(17)15-10-6-4-7-14-8(10)2/h4,6-7,9,18H,3,5H2,1-2H3,(H2,13,16)(H,15,17). The first-order valence-corrected chi connectivity index (χ1v) is 5.80. The normalized spacial score (nSPS) is 13.1. The van der Waals surface area contributed by atoms with E-state index in [0.717, 1.165) is 12.1 Å². The molecule has 1 amide bonds. The van der Waals surface area contributed by atoms with E-state index in [9.17, 15) is 4.79 Å². The minimum atomic E-state index is -0.625. The Hall–Kier alpha value is -2.11. The van der Waals surface area contributed by atoms with E-state index in [1.165, 1.54) is 0 Å². The van der Waals surface area contributed by atoms with Crippen LogP contribution in [0, 0.1) is 12.8 Å². The molecular formula is C12H18N4O2. The predicted octanol–water partition coefficient (Wildman–Crippen LogP) is 1.49. The summed E-state index contributed by atoms with van der Waals surface area (Å²) < 4.78 is 0. The molecule has 0 aliphatic rings. The average molecular weight is 250 g/mol. The van der Waals surface area contributed by atoms with Gasteiger partial charge in [-0.2, -0.15) is 0 Å². The van der Waals surface area contributed by atoms with Crippen molar-refractivity contribution in [3.05, 3.63) is 24.0 Å². The Morgan fingerprint density at radius 3 is 2.94 bits per heavy atom. The van der Waals surface area contributed by atoms with Gasteiger partial charge < -0.3 is 16.3 Å². The van der Waals surface area contributed by atoms with Gasteiger partial charge in [-0.15, -0.1) is 0 Å². The Kier molecular flexibility index (Phi) is 5.10. The van der Waals surface area contributed by atoms with E-state index in [-0.39, 0.29) is 11.7 Å². The fourth-order valence-electron chi connectivity index (χ4n) is 1.61. The number of nitrogens with zero attached hydrogens (tertiary/aromatic N) is 2. The van der Waals surface area contributed by atoms with Gasteiger partial charge in [0.2, 0.25) is 5.91 Å². The van der Waals surface area contributed by atoms with Crippen molar-refractivity contribution in [1.82, 2.24) is 4.98 Å². The van der Waals surface area contributed by atoms with Crippen molar-refractivity contribution >= 4 is 17.4 Å². The lowest BCUT2D eigenvalue weighted by Crippen LogP contribution is -2.34. The van der Waals surface area contributed by atoms with Crippen molar-refractivity contribution < 1.29 is 10.0 Å². The Balaban J connectivity index is 2.82. The number of carbonyl (C=O) groups is 1. The van der Waals surface area contributed by atoms with E-state index in [1.807, 2.05) is 6.92 Å². The Morgan fingerprint density at radius 2 is 2.39 bits per heavy atom. The average Bonchev–Trinajstić information content (AvgIpc) is 2.37. The van der Waals surface area contributed by atoms with Gasteiger partial charge >= 0.3 is 0 Å². The van der Waals surface area contributed by atoms with Crippen molar-refractivity contribution in [3.63, 3.8) is 0 Å². The lowest BCUT2D eigenvalue weighted by molar-refractivity contribution is -0.118. The molecule has 1 atom stereocenters. The monoisotopic (exact) mass is 250 g/mol. The molecule has 1 heterocycles. The molecule has 0 fully saturated rings. The molecule has 0 aliphatic carbocycles. The predicted molar refractivity (Wildman–Crippen MR) is 69.4 cm³/mol. The van der Waals surface area contributed by atoms with Crippen LogP contribution in [0.15, 0.2) is 23.5 Å². The Labute approximate surface area is 106 Å². The number of nitrogens with one attached hydrogen (secondary N) is 1. The fraction of sp³-hybridized carbons (Fsp3) is 0.417. The number of amidine groups is 1. The van der Waals surface area contributed by atoms with Crippen LogP contribution in [0.1, 0.15) is 25.5 Å². The van der Waals surface area contributed by atoms with Crippen molar-refractivity contribution in [1.29, 1.82) is 0 Å². The summed E-state index contributed by atoms with van der Waals surface area (Å²) in [5.41, 5.74) is 6.88. The van der Waals surface area contributed by atoms with Gasteiger partial charge in [0.15, 0.2) is 5.84 Å². The maximum atomic E-state index is 12.0. The zero-order valence-electron chi connectivity index (χ0n) is 10.6. The number of oxime groups is 1. The van der Waals surface area contributed by atoms with Crippen LogP contribution in [0.5, 0.6) is 0 Å². The summed E-state index contributed by atoms with van der Waals surface area (Å²) in [4.78, 5) is 16.1. The highest BCUT2D eigenvalue weighted by molar-refractivity contribution is 6.07. The van der Waals surface area contributed by atoms with Gasteiger partial charge in [0.05, 0.1) is 17.3 Å². The fourth-order valence-corrected chi connectivity index (χ4v) is 1.61. The highest BCUT2D eigenvalue weighted by atomic mass is 16.4. The number of amides is 1. The minimum Gasteiger partial charge on any atom is -0.409 e. The van der Waals surface area contributed by atoms with Gasteiger partial charge in [-0.1, -0.05) is 18.5 Å². The first-order valence-electron chi connectivity index (χ1n) is 5.80. The van der Waals surface area contributed by atoms with Crippen LogP contribution in [0.4, 0.5) is 5.69 Å². The summed E-state index contributed by atoms with van der Waals surface area (Å²) in [7, 11) is 0. The molecule has 1 aromatic rings. The third-order valence-corrected chi connectivity index (χ3v) is 2.63. The number of anilines is 1. The molecule has 1 unspecified atom stereocenters. The number of aromatic nitrogens is 1. The van der Waals surface area contributed by atoms with E-state index in [2.05, 4.69) is 15.5 Å². The summed E-state index contributed by atoms with van der Waals surface area (Å²) in [5, 5.41) is 14.3. The largest absolute Gasteiger partial charge is 0.409 e. The molecule has 6 nitrogen and oxygen atoms in total. The molecule has 0 radical (unpaired) electrons. The second-order valence-corrected chi connectivity index (χ2v) is 3.99. The SMILES string of the molecule is CCCC(C(=O)Nc1cccnc1C)C(N)=NO. The molecule has 6 heteroatoms. The molecule has 0 aromatic carbocycles. The molecule has 98 valence electrons. The molecule has 4 N–H and O–H groups in total. The first-order chi connectivity index (χ1) is 8.60. The summed E-state index contributed by atoms with van der Waals surface area (Å²) in [5.74, 6) is -0.987. The zero-order chi connectivity index (χ0) is 13.5. The number of rotatable bonds is 5. The van der Waals surface area contributed by atoms with Crippen LogP contribution in [0.3, 0.4) is 0 Å². The quantitative estimate of drug-likeness (QED) is 0.319. The van der Waals surface area contributed by atoms with Crippen molar-refractivity contribution in [2.75, 3.05) is 5.32 Å². The Morgan fingerprint density at radius 1 is 1.67 bits per heavy atom. The van der Waals surface area contributed by atoms with Gasteiger partial charge in [-0.25, -0.2) is 0 Å². The van der Waals surface area contributed by atoms with E-state index in [0.29, 0.717) is 12.1 Å². The molecule has 0 saturated heterocycles. The second-order valence-electron chi connectivity index (χ2n) is 3.99. The van der Waals surface area contributed by atoms with Crippen LogP contribution in [-0.2, 0) is 4.79 Å². The molecule has 0 spiro atoms. The second kappa shape index (κ2) is 6.58. The minimum absolute atomic E-state index is 0.0732. The number of aryl methyl sites for hydroxylation is 1. The number of pyridine rings is 1. The smallest absolute Gasteiger partial charge is 0.235 e. The molecule has 0 saturated carbocycles. The van der Waals surface area contributed by atoms with Gasteiger partial charge in [-0.05, 0) is 25.5 Å². The Bertz CT molecular complexity index is 445. The van der Waals surface area contributed by atoms with Crippen molar-refractivity contribution in [3.8, 4) is 0 Å². The maximum absolute atomic E-state index is 12.0. The number of hydrogen-bond acceptors (Lipinski definition) is 4. The summed E-state index contributed by atoms with van der Waals surface area (Å²) >= 11 is 0. The molecule has 0 aliphatic heterocycles. The van der Waals surface area contributed by atoms with Crippen molar-refractivity contribution in [2.24, 2.45) is 16.8 Å². The third kappa shape index (κ3) is 3.44. The van der Waals surface area contributed by atoms with Crippen LogP contribution < -0.4 is 11.1 Å². The number of hydrogen-bond donors (Lipinski definition) is 3. The van der Waals surface area contributed by atoms with E-state index < -0.39 is 5.92 Å². The van der Waals surface area contributed by atoms with E-state index in [4.69, 9.17) is 10.9 Å². The van der Waals surface area contributed by atoms with Gasteiger partial charge in [0.25, 0.3) is 0 Å². The van der Waals surface area contributed by atoms with Gasteiger partial charge in [0, 0.05) is 6.20 Å². The highest BCUT2D eigenvalue weighted by Crippen LogP contribution is 2.14. The molecular weight excluding hydrogens is 232 g/mol. The summed E-state index contributed by atoms with van der Waals surface area (Å²) in [6.07, 6.45) is 2.94. The molecule has 0 bridgehead atoms. The molecule has 1 aromatic heterocycles. The summed E-state index contributed by atoms with van der Waals surface area (Å²) in [6, 6.07) is 3.50. The van der Waals surface area contributed by atoms with Crippen molar-refractivity contribution in [2.45, 2.75) is 26.7 Å². The van der Waals surface area contributed by atoms with Crippen LogP contribution in [0.2, 0.25) is 0 Å².